The average molecular weight is 230 g/mol. The molecule has 0 aliphatic carbocycles. The number of nitrogens with one attached hydrogen (secondary N) is 1. The first-order valence-corrected chi connectivity index (χ1v) is 5.73. The van der Waals surface area contributed by atoms with Crippen LogP contribution in [0.25, 0.3) is 0 Å². The second-order valence-corrected chi connectivity index (χ2v) is 5.30. The van der Waals surface area contributed by atoms with Crippen LogP contribution >= 0.6 is 12.2 Å². The van der Waals surface area contributed by atoms with E-state index in [1.807, 2.05) is 34.6 Å². The van der Waals surface area contributed by atoms with Crippen molar-refractivity contribution in [1.82, 2.24) is 5.32 Å². The summed E-state index contributed by atoms with van der Waals surface area (Å²) < 4.78 is 0. The van der Waals surface area contributed by atoms with E-state index < -0.39 is 5.41 Å². The van der Waals surface area contributed by atoms with Crippen LogP contribution in [0, 0.1) is 5.41 Å². The molecule has 0 spiro atoms. The van der Waals surface area contributed by atoms with Crippen LogP contribution < -0.4 is 11.1 Å². The Morgan fingerprint density at radius 2 is 1.67 bits per heavy atom. The van der Waals surface area contributed by atoms with Crippen molar-refractivity contribution in [2.24, 2.45) is 11.1 Å². The fraction of sp³-hybridized carbons (Fsp3) is 0.818. The molecule has 0 unspecified atom stereocenters. The molecule has 0 aliphatic rings. The summed E-state index contributed by atoms with van der Waals surface area (Å²) in [6.45, 7) is 9.71. The Hall–Kier alpha value is -0.640. The fourth-order valence-electron chi connectivity index (χ4n) is 1.49. The van der Waals surface area contributed by atoms with Gasteiger partial charge in [0.1, 0.15) is 0 Å². The lowest BCUT2D eigenvalue weighted by atomic mass is 9.80. The zero-order valence-electron chi connectivity index (χ0n) is 10.3. The number of thiocarbonyl (C=S) groups is 1. The van der Waals surface area contributed by atoms with Crippen LogP contribution in [0.1, 0.15) is 47.5 Å². The minimum Gasteiger partial charge on any atom is -0.392 e. The highest BCUT2D eigenvalue weighted by molar-refractivity contribution is 7.80. The molecule has 0 atom stereocenters. The van der Waals surface area contributed by atoms with Crippen molar-refractivity contribution in [3.63, 3.8) is 0 Å². The van der Waals surface area contributed by atoms with Crippen molar-refractivity contribution in [3.05, 3.63) is 0 Å². The molecule has 0 aliphatic heterocycles. The molecule has 88 valence electrons. The molecule has 0 aromatic rings. The van der Waals surface area contributed by atoms with Crippen LogP contribution in [-0.4, -0.2) is 16.4 Å². The van der Waals surface area contributed by atoms with E-state index in [-0.39, 0.29) is 16.4 Å². The molecule has 0 radical (unpaired) electrons. The molecule has 0 aromatic heterocycles. The molecule has 0 fully saturated rings. The maximum Gasteiger partial charge on any atom is 0.233 e. The van der Waals surface area contributed by atoms with Gasteiger partial charge in [-0.15, -0.1) is 0 Å². The average Bonchev–Trinajstić information content (AvgIpc) is 2.03. The molecular formula is C11H22N2OS. The Kier molecular flexibility index (Phi) is 4.71. The lowest BCUT2D eigenvalue weighted by molar-refractivity contribution is -0.129. The van der Waals surface area contributed by atoms with Crippen LogP contribution in [-0.2, 0) is 4.79 Å². The summed E-state index contributed by atoms with van der Waals surface area (Å²) >= 11 is 5.01. The second-order valence-electron chi connectivity index (χ2n) is 4.86. The topological polar surface area (TPSA) is 55.1 Å². The van der Waals surface area contributed by atoms with Gasteiger partial charge in [-0.05, 0) is 33.6 Å². The maximum atomic E-state index is 12.1. The Bertz CT molecular complexity index is 252. The molecule has 4 heteroatoms. The fourth-order valence-corrected chi connectivity index (χ4v) is 1.87. The van der Waals surface area contributed by atoms with Gasteiger partial charge in [0.2, 0.25) is 5.91 Å². The van der Waals surface area contributed by atoms with Gasteiger partial charge in [-0.2, -0.15) is 0 Å². The molecule has 1 amide bonds. The zero-order chi connectivity index (χ0) is 12.3. The Morgan fingerprint density at radius 3 is 1.87 bits per heavy atom. The predicted octanol–water partition coefficient (Wildman–Crippen LogP) is 1.99. The van der Waals surface area contributed by atoms with Gasteiger partial charge in [-0.25, -0.2) is 0 Å². The number of nitrogens with two attached hydrogens (primary N) is 1. The molecule has 15 heavy (non-hydrogen) atoms. The Morgan fingerprint density at radius 1 is 1.27 bits per heavy atom. The number of rotatable bonds is 4. The number of amides is 1. The third-order valence-electron chi connectivity index (χ3n) is 2.60. The third kappa shape index (κ3) is 3.45. The molecular weight excluding hydrogens is 208 g/mol. The number of hydrogen-bond donors (Lipinski definition) is 2. The minimum absolute atomic E-state index is 0.0625. The number of carbonyl (C=O) groups excluding carboxylic acids is 1. The van der Waals surface area contributed by atoms with Crippen molar-refractivity contribution in [2.45, 2.75) is 53.0 Å². The van der Waals surface area contributed by atoms with Gasteiger partial charge in [0.15, 0.2) is 0 Å². The lowest BCUT2D eigenvalue weighted by Gasteiger charge is -2.33. The lowest BCUT2D eigenvalue weighted by Crippen LogP contribution is -2.53. The highest BCUT2D eigenvalue weighted by atomic mass is 32.1. The number of carbonyl (C=O) groups is 1. The van der Waals surface area contributed by atoms with Crippen molar-refractivity contribution >= 4 is 23.1 Å². The molecule has 0 saturated heterocycles. The molecule has 0 aromatic carbocycles. The first kappa shape index (κ1) is 14.4. The van der Waals surface area contributed by atoms with E-state index in [0.29, 0.717) is 12.8 Å². The highest BCUT2D eigenvalue weighted by Crippen LogP contribution is 2.27. The predicted molar refractivity (Wildman–Crippen MR) is 67.7 cm³/mol. The molecule has 0 saturated carbocycles. The van der Waals surface area contributed by atoms with E-state index in [2.05, 4.69) is 5.32 Å². The highest BCUT2D eigenvalue weighted by Gasteiger charge is 2.39. The first-order valence-electron chi connectivity index (χ1n) is 5.32. The van der Waals surface area contributed by atoms with E-state index in [0.717, 1.165) is 0 Å². The van der Waals surface area contributed by atoms with Crippen LogP contribution in [0.5, 0.6) is 0 Å². The monoisotopic (exact) mass is 230 g/mol. The Labute approximate surface area is 97.8 Å². The van der Waals surface area contributed by atoms with Crippen LogP contribution in [0.3, 0.4) is 0 Å². The summed E-state index contributed by atoms with van der Waals surface area (Å²) in [6, 6.07) is 0. The van der Waals surface area contributed by atoms with E-state index in [1.54, 1.807) is 0 Å². The summed E-state index contributed by atoms with van der Waals surface area (Å²) in [7, 11) is 0. The molecule has 0 heterocycles. The first-order chi connectivity index (χ1) is 6.69. The SMILES string of the molecule is CCC(CC)(C(=O)NC(C)(C)C)C(N)=S. The Balaban J connectivity index is 4.95. The quantitative estimate of drug-likeness (QED) is 0.726. The normalized spacial score (nSPS) is 12.3. The van der Waals surface area contributed by atoms with Crippen molar-refractivity contribution in [2.75, 3.05) is 0 Å². The van der Waals surface area contributed by atoms with Crippen molar-refractivity contribution in [3.8, 4) is 0 Å². The van der Waals surface area contributed by atoms with Gasteiger partial charge >= 0.3 is 0 Å². The van der Waals surface area contributed by atoms with E-state index in [9.17, 15) is 4.79 Å². The zero-order valence-corrected chi connectivity index (χ0v) is 11.1. The third-order valence-corrected chi connectivity index (χ3v) is 2.99. The van der Waals surface area contributed by atoms with Gasteiger partial charge in [0, 0.05) is 5.54 Å². The molecule has 0 rings (SSSR count). The molecule has 3 nitrogen and oxygen atoms in total. The summed E-state index contributed by atoms with van der Waals surface area (Å²) in [4.78, 5) is 12.4. The molecule has 3 N–H and O–H groups in total. The summed E-state index contributed by atoms with van der Waals surface area (Å²) in [5.74, 6) is -0.0625. The van der Waals surface area contributed by atoms with Crippen LogP contribution in [0.2, 0.25) is 0 Å². The summed E-state index contributed by atoms with van der Waals surface area (Å²) in [6.07, 6.45) is 1.28. The maximum absolute atomic E-state index is 12.1. The van der Waals surface area contributed by atoms with E-state index >= 15 is 0 Å². The molecule has 0 bridgehead atoms. The summed E-state index contributed by atoms with van der Waals surface area (Å²) in [5, 5.41) is 2.94. The van der Waals surface area contributed by atoms with Gasteiger partial charge in [-0.3, -0.25) is 4.79 Å². The smallest absolute Gasteiger partial charge is 0.233 e. The van der Waals surface area contributed by atoms with Crippen LogP contribution in [0.4, 0.5) is 0 Å². The van der Waals surface area contributed by atoms with Gasteiger partial charge in [0.05, 0.1) is 10.4 Å². The largest absolute Gasteiger partial charge is 0.392 e. The van der Waals surface area contributed by atoms with Crippen molar-refractivity contribution < 1.29 is 4.79 Å². The van der Waals surface area contributed by atoms with E-state index in [1.165, 1.54) is 0 Å². The summed E-state index contributed by atoms with van der Waals surface area (Å²) in [5.41, 5.74) is 4.74. The van der Waals surface area contributed by atoms with Gasteiger partial charge in [0.25, 0.3) is 0 Å². The van der Waals surface area contributed by atoms with Crippen molar-refractivity contribution in [1.29, 1.82) is 0 Å². The number of hydrogen-bond acceptors (Lipinski definition) is 2. The van der Waals surface area contributed by atoms with Gasteiger partial charge in [-0.1, -0.05) is 26.1 Å². The van der Waals surface area contributed by atoms with Crippen LogP contribution in [0.15, 0.2) is 0 Å². The van der Waals surface area contributed by atoms with E-state index in [4.69, 9.17) is 18.0 Å². The van der Waals surface area contributed by atoms with Gasteiger partial charge < -0.3 is 11.1 Å². The minimum atomic E-state index is -0.692. The standard InChI is InChI=1S/C11H22N2OS/c1-6-11(7-2,8(12)15)9(14)13-10(3,4)5/h6-7H2,1-5H3,(H2,12,15)(H,13,14). The second kappa shape index (κ2) is 4.92.